The van der Waals surface area contributed by atoms with Crippen molar-refractivity contribution >= 4 is 5.91 Å². The van der Waals surface area contributed by atoms with E-state index in [4.69, 9.17) is 9.47 Å². The molecule has 0 bridgehead atoms. The Bertz CT molecular complexity index is 371. The number of nitrogens with one attached hydrogen (secondary N) is 2. The van der Waals surface area contributed by atoms with Gasteiger partial charge in [-0.15, -0.1) is 0 Å². The molecule has 1 amide bonds. The van der Waals surface area contributed by atoms with E-state index in [0.29, 0.717) is 19.1 Å². The molecule has 5 nitrogen and oxygen atoms in total. The zero-order chi connectivity index (χ0) is 14.7. The van der Waals surface area contributed by atoms with Crippen molar-refractivity contribution < 1.29 is 14.3 Å². The van der Waals surface area contributed by atoms with Crippen LogP contribution in [0.15, 0.2) is 0 Å². The fourth-order valence-electron chi connectivity index (χ4n) is 4.02. The van der Waals surface area contributed by atoms with E-state index in [1.807, 2.05) is 6.92 Å². The molecule has 2 heterocycles. The van der Waals surface area contributed by atoms with Crippen LogP contribution in [-0.2, 0) is 14.3 Å². The number of rotatable bonds is 5. The second-order valence-corrected chi connectivity index (χ2v) is 6.92. The molecule has 120 valence electrons. The molecule has 0 spiro atoms. The van der Waals surface area contributed by atoms with E-state index in [2.05, 4.69) is 10.6 Å². The smallest absolute Gasteiger partial charge is 0.228 e. The molecule has 0 aromatic rings. The van der Waals surface area contributed by atoms with Crippen LogP contribution < -0.4 is 10.6 Å². The predicted octanol–water partition coefficient (Wildman–Crippen LogP) is 1.08. The normalized spacial score (nSPS) is 37.2. The summed E-state index contributed by atoms with van der Waals surface area (Å²) >= 11 is 0. The highest BCUT2D eigenvalue weighted by molar-refractivity contribution is 5.84. The van der Waals surface area contributed by atoms with Gasteiger partial charge >= 0.3 is 0 Å². The van der Waals surface area contributed by atoms with Gasteiger partial charge in [-0.05, 0) is 38.6 Å². The predicted molar refractivity (Wildman–Crippen MR) is 80.0 cm³/mol. The number of hydrogen-bond donors (Lipinski definition) is 2. The van der Waals surface area contributed by atoms with Crippen molar-refractivity contribution in [3.05, 3.63) is 0 Å². The molecule has 2 saturated heterocycles. The van der Waals surface area contributed by atoms with Gasteiger partial charge in [0, 0.05) is 19.2 Å². The first-order chi connectivity index (χ1) is 10.2. The first-order valence-corrected chi connectivity index (χ1v) is 8.42. The average molecular weight is 296 g/mol. The van der Waals surface area contributed by atoms with Crippen LogP contribution in [0.3, 0.4) is 0 Å². The van der Waals surface area contributed by atoms with Gasteiger partial charge in [0.1, 0.15) is 0 Å². The summed E-state index contributed by atoms with van der Waals surface area (Å²) in [6.07, 6.45) is 5.83. The summed E-state index contributed by atoms with van der Waals surface area (Å²) in [5, 5.41) is 6.62. The van der Waals surface area contributed by atoms with E-state index in [1.165, 1.54) is 19.3 Å². The fraction of sp³-hybridized carbons (Fsp3) is 0.938. The van der Waals surface area contributed by atoms with Crippen LogP contribution in [0.4, 0.5) is 0 Å². The van der Waals surface area contributed by atoms with Gasteiger partial charge in [-0.2, -0.15) is 0 Å². The van der Waals surface area contributed by atoms with Crippen LogP contribution in [0.5, 0.6) is 0 Å². The average Bonchev–Trinajstić information content (AvgIpc) is 3.14. The Balaban J connectivity index is 1.50. The zero-order valence-corrected chi connectivity index (χ0v) is 13.0. The van der Waals surface area contributed by atoms with Gasteiger partial charge in [-0.25, -0.2) is 0 Å². The van der Waals surface area contributed by atoms with E-state index in [9.17, 15) is 4.79 Å². The topological polar surface area (TPSA) is 59.6 Å². The Morgan fingerprint density at radius 3 is 3.19 bits per heavy atom. The van der Waals surface area contributed by atoms with Crippen LogP contribution in [-0.4, -0.2) is 51.0 Å². The van der Waals surface area contributed by atoms with Gasteiger partial charge in [0.2, 0.25) is 5.91 Å². The fourth-order valence-corrected chi connectivity index (χ4v) is 4.02. The maximum absolute atomic E-state index is 12.8. The van der Waals surface area contributed by atoms with Crippen LogP contribution in [0.25, 0.3) is 0 Å². The first-order valence-electron chi connectivity index (χ1n) is 8.42. The molecular weight excluding hydrogens is 268 g/mol. The highest BCUT2D eigenvalue weighted by Gasteiger charge is 2.49. The van der Waals surface area contributed by atoms with E-state index < -0.39 is 0 Å². The first kappa shape index (κ1) is 15.3. The molecule has 1 aliphatic carbocycles. The molecule has 2 aliphatic heterocycles. The number of carbonyl (C=O) groups excluding carboxylic acids is 1. The maximum Gasteiger partial charge on any atom is 0.228 e. The third kappa shape index (κ3) is 3.25. The maximum atomic E-state index is 12.8. The molecule has 3 aliphatic rings. The Hall–Kier alpha value is -0.650. The third-order valence-electron chi connectivity index (χ3n) is 5.34. The number of amides is 1. The third-order valence-corrected chi connectivity index (χ3v) is 5.34. The number of fused-ring (bicyclic) bond motifs is 1. The molecule has 5 heteroatoms. The molecule has 0 radical (unpaired) electrons. The van der Waals surface area contributed by atoms with E-state index >= 15 is 0 Å². The molecule has 0 aromatic heterocycles. The van der Waals surface area contributed by atoms with Gasteiger partial charge in [0.25, 0.3) is 0 Å². The molecule has 3 fully saturated rings. The van der Waals surface area contributed by atoms with Crippen molar-refractivity contribution in [3.8, 4) is 0 Å². The summed E-state index contributed by atoms with van der Waals surface area (Å²) in [5.41, 5.74) is -0.164. The summed E-state index contributed by atoms with van der Waals surface area (Å²) < 4.78 is 11.1. The largest absolute Gasteiger partial charge is 0.379 e. The van der Waals surface area contributed by atoms with Gasteiger partial charge in [0.05, 0.1) is 24.7 Å². The quantitative estimate of drug-likeness (QED) is 0.797. The SMILES string of the molecule is CC(COC1CCOC1)NC(=O)[C@@]12CCCC[C@H]1CNC2. The summed E-state index contributed by atoms with van der Waals surface area (Å²) in [7, 11) is 0. The Labute approximate surface area is 127 Å². The lowest BCUT2D eigenvalue weighted by Crippen LogP contribution is -2.51. The van der Waals surface area contributed by atoms with E-state index in [1.54, 1.807) is 0 Å². The van der Waals surface area contributed by atoms with Crippen LogP contribution >= 0.6 is 0 Å². The molecule has 3 rings (SSSR count). The number of carbonyl (C=O) groups is 1. The number of ether oxygens (including phenoxy) is 2. The lowest BCUT2D eigenvalue weighted by atomic mass is 9.67. The molecular formula is C16H28N2O3. The van der Waals surface area contributed by atoms with Crippen molar-refractivity contribution in [1.29, 1.82) is 0 Å². The highest BCUT2D eigenvalue weighted by Crippen LogP contribution is 2.43. The van der Waals surface area contributed by atoms with Gasteiger partial charge < -0.3 is 20.1 Å². The Morgan fingerprint density at radius 2 is 2.38 bits per heavy atom. The molecule has 1 saturated carbocycles. The minimum atomic E-state index is -0.164. The zero-order valence-electron chi connectivity index (χ0n) is 13.0. The van der Waals surface area contributed by atoms with Crippen LogP contribution in [0, 0.1) is 11.3 Å². The summed E-state index contributed by atoms with van der Waals surface area (Å²) in [6.45, 7) is 5.93. The molecule has 2 N–H and O–H groups in total. The second kappa shape index (κ2) is 6.63. The molecule has 4 atom stereocenters. The van der Waals surface area contributed by atoms with Crippen LogP contribution in [0.1, 0.15) is 39.0 Å². The Morgan fingerprint density at radius 1 is 1.48 bits per heavy atom. The van der Waals surface area contributed by atoms with Crippen molar-refractivity contribution in [2.45, 2.75) is 51.2 Å². The van der Waals surface area contributed by atoms with E-state index in [0.717, 1.165) is 32.5 Å². The lowest BCUT2D eigenvalue weighted by molar-refractivity contribution is -0.135. The van der Waals surface area contributed by atoms with Gasteiger partial charge in [0.15, 0.2) is 0 Å². The number of hydrogen-bond acceptors (Lipinski definition) is 4. The van der Waals surface area contributed by atoms with Crippen LogP contribution in [0.2, 0.25) is 0 Å². The lowest BCUT2D eigenvalue weighted by Gasteiger charge is -2.38. The summed E-state index contributed by atoms with van der Waals surface area (Å²) in [6, 6.07) is 0.0654. The monoisotopic (exact) mass is 296 g/mol. The highest BCUT2D eigenvalue weighted by atomic mass is 16.5. The minimum absolute atomic E-state index is 0.0654. The van der Waals surface area contributed by atoms with Crippen molar-refractivity contribution in [2.24, 2.45) is 11.3 Å². The van der Waals surface area contributed by atoms with Gasteiger partial charge in [-0.3, -0.25) is 4.79 Å². The van der Waals surface area contributed by atoms with Crippen molar-refractivity contribution in [1.82, 2.24) is 10.6 Å². The van der Waals surface area contributed by atoms with Crippen molar-refractivity contribution in [2.75, 3.05) is 32.9 Å². The summed E-state index contributed by atoms with van der Waals surface area (Å²) in [4.78, 5) is 12.8. The van der Waals surface area contributed by atoms with E-state index in [-0.39, 0.29) is 23.5 Å². The molecule has 21 heavy (non-hydrogen) atoms. The molecule has 0 aromatic carbocycles. The minimum Gasteiger partial charge on any atom is -0.379 e. The standard InChI is InChI=1S/C16H28N2O3/c1-12(9-21-14-5-7-20-10-14)18-15(19)16-6-3-2-4-13(16)8-17-11-16/h12-14,17H,2-11H2,1H3,(H,18,19)/t12?,13-,14?,16+/m0/s1. The van der Waals surface area contributed by atoms with Gasteiger partial charge in [-0.1, -0.05) is 12.8 Å². The summed E-state index contributed by atoms with van der Waals surface area (Å²) in [5.74, 6) is 0.749. The molecule has 2 unspecified atom stereocenters. The second-order valence-electron chi connectivity index (χ2n) is 6.92. The Kier molecular flexibility index (Phi) is 4.82. The van der Waals surface area contributed by atoms with Crippen molar-refractivity contribution in [3.63, 3.8) is 0 Å².